The zero-order valence-electron chi connectivity index (χ0n) is 15.1. The monoisotopic (exact) mass is 366 g/mol. The first-order chi connectivity index (χ1) is 12.7. The molecular weight excluding hydrogens is 344 g/mol. The number of hydrogen-bond donors (Lipinski definition) is 0. The maximum atomic E-state index is 4.78. The van der Waals surface area contributed by atoms with Crippen molar-refractivity contribution in [3.63, 3.8) is 0 Å². The van der Waals surface area contributed by atoms with Gasteiger partial charge in [0.15, 0.2) is 0 Å². The van der Waals surface area contributed by atoms with Crippen LogP contribution in [0.25, 0.3) is 10.6 Å². The van der Waals surface area contributed by atoms with Crippen molar-refractivity contribution >= 4 is 23.2 Å². The molecule has 0 aliphatic carbocycles. The van der Waals surface area contributed by atoms with Gasteiger partial charge in [-0.1, -0.05) is 6.07 Å². The molecule has 0 amide bonds. The summed E-state index contributed by atoms with van der Waals surface area (Å²) in [5, 5.41) is 2.07. The van der Waals surface area contributed by atoms with Crippen molar-refractivity contribution in [2.45, 2.75) is 20.3 Å². The van der Waals surface area contributed by atoms with Gasteiger partial charge in [0, 0.05) is 43.8 Å². The number of rotatable bonds is 3. The second-order valence-corrected chi connectivity index (χ2v) is 7.45. The second-order valence-electron chi connectivity index (χ2n) is 6.50. The van der Waals surface area contributed by atoms with Crippen LogP contribution in [0, 0.1) is 13.8 Å². The number of aromatic nitrogens is 4. The Morgan fingerprint density at radius 1 is 0.885 bits per heavy atom. The van der Waals surface area contributed by atoms with E-state index in [0.717, 1.165) is 61.6 Å². The Balaban J connectivity index is 1.51. The zero-order chi connectivity index (χ0) is 17.9. The molecule has 3 aromatic heterocycles. The van der Waals surface area contributed by atoms with Crippen LogP contribution in [0.15, 0.2) is 35.8 Å². The first-order valence-corrected chi connectivity index (χ1v) is 9.76. The summed E-state index contributed by atoms with van der Waals surface area (Å²) >= 11 is 1.70. The molecule has 0 atom stereocenters. The van der Waals surface area contributed by atoms with Crippen LogP contribution in [0.1, 0.15) is 17.8 Å². The highest BCUT2D eigenvalue weighted by Crippen LogP contribution is 2.24. The summed E-state index contributed by atoms with van der Waals surface area (Å²) in [6, 6.07) is 8.13. The fraction of sp³-hybridized carbons (Fsp3) is 0.368. The SMILES string of the molecule is Cc1cc(C)nc(N2CCCN(c3nccc(-c4cccs4)n3)CC2)n1. The Hall–Kier alpha value is -2.54. The topological polar surface area (TPSA) is 58.0 Å². The third-order valence-corrected chi connectivity index (χ3v) is 5.34. The molecule has 0 aromatic carbocycles. The number of hydrogen-bond acceptors (Lipinski definition) is 7. The molecule has 1 aliphatic rings. The van der Waals surface area contributed by atoms with E-state index in [1.54, 1.807) is 11.3 Å². The van der Waals surface area contributed by atoms with Crippen molar-refractivity contribution in [3.05, 3.63) is 47.2 Å². The Labute approximate surface area is 157 Å². The molecule has 0 bridgehead atoms. The van der Waals surface area contributed by atoms with Gasteiger partial charge in [0.1, 0.15) is 0 Å². The molecule has 0 unspecified atom stereocenters. The fourth-order valence-corrected chi connectivity index (χ4v) is 3.92. The molecule has 26 heavy (non-hydrogen) atoms. The minimum absolute atomic E-state index is 0.805. The number of anilines is 2. The number of thiophene rings is 1. The Morgan fingerprint density at radius 2 is 1.62 bits per heavy atom. The van der Waals surface area contributed by atoms with Gasteiger partial charge in [0.25, 0.3) is 0 Å². The van der Waals surface area contributed by atoms with Crippen molar-refractivity contribution < 1.29 is 0 Å². The molecule has 0 spiro atoms. The molecule has 4 heterocycles. The van der Waals surface area contributed by atoms with Crippen LogP contribution >= 0.6 is 11.3 Å². The quantitative estimate of drug-likeness (QED) is 0.709. The van der Waals surface area contributed by atoms with Gasteiger partial charge in [0.05, 0.1) is 10.6 Å². The van der Waals surface area contributed by atoms with Crippen LogP contribution in [0.5, 0.6) is 0 Å². The minimum Gasteiger partial charge on any atom is -0.339 e. The minimum atomic E-state index is 0.805. The summed E-state index contributed by atoms with van der Waals surface area (Å²) in [5.41, 5.74) is 3.02. The molecule has 1 aliphatic heterocycles. The fourth-order valence-electron chi connectivity index (χ4n) is 3.23. The largest absolute Gasteiger partial charge is 0.339 e. The smallest absolute Gasteiger partial charge is 0.225 e. The molecule has 4 rings (SSSR count). The summed E-state index contributed by atoms with van der Waals surface area (Å²) in [4.78, 5) is 24.2. The average Bonchev–Trinajstić information content (AvgIpc) is 3.05. The lowest BCUT2D eigenvalue weighted by molar-refractivity contribution is 0.774. The summed E-state index contributed by atoms with van der Waals surface area (Å²) in [6.07, 6.45) is 2.88. The molecule has 3 aromatic rings. The lowest BCUT2D eigenvalue weighted by Crippen LogP contribution is -2.32. The van der Waals surface area contributed by atoms with E-state index in [4.69, 9.17) is 4.98 Å². The highest BCUT2D eigenvalue weighted by molar-refractivity contribution is 7.13. The van der Waals surface area contributed by atoms with Crippen LogP contribution in [-0.2, 0) is 0 Å². The first-order valence-electron chi connectivity index (χ1n) is 8.88. The van der Waals surface area contributed by atoms with Gasteiger partial charge < -0.3 is 9.80 Å². The van der Waals surface area contributed by atoms with E-state index < -0.39 is 0 Å². The summed E-state index contributed by atoms with van der Waals surface area (Å²) in [7, 11) is 0. The normalized spacial score (nSPS) is 15.2. The van der Waals surface area contributed by atoms with Crippen molar-refractivity contribution in [1.29, 1.82) is 0 Å². The maximum Gasteiger partial charge on any atom is 0.225 e. The van der Waals surface area contributed by atoms with Crippen LogP contribution in [-0.4, -0.2) is 46.1 Å². The summed E-state index contributed by atoms with van der Waals surface area (Å²) in [6.45, 7) is 7.66. The van der Waals surface area contributed by atoms with Gasteiger partial charge in [0.2, 0.25) is 11.9 Å². The second kappa shape index (κ2) is 7.37. The van der Waals surface area contributed by atoms with Crippen LogP contribution in [0.2, 0.25) is 0 Å². The third-order valence-electron chi connectivity index (χ3n) is 4.45. The van der Waals surface area contributed by atoms with Crippen molar-refractivity contribution in [2.75, 3.05) is 36.0 Å². The highest BCUT2D eigenvalue weighted by atomic mass is 32.1. The van der Waals surface area contributed by atoms with Crippen LogP contribution < -0.4 is 9.80 Å². The van der Waals surface area contributed by atoms with E-state index >= 15 is 0 Å². The van der Waals surface area contributed by atoms with Gasteiger partial charge in [-0.2, -0.15) is 0 Å². The highest BCUT2D eigenvalue weighted by Gasteiger charge is 2.19. The Morgan fingerprint density at radius 3 is 2.31 bits per heavy atom. The molecule has 0 radical (unpaired) electrons. The maximum absolute atomic E-state index is 4.78. The van der Waals surface area contributed by atoms with E-state index in [1.165, 1.54) is 4.88 Å². The summed E-state index contributed by atoms with van der Waals surface area (Å²) < 4.78 is 0. The molecule has 7 heteroatoms. The van der Waals surface area contributed by atoms with Gasteiger partial charge in [-0.3, -0.25) is 0 Å². The molecular formula is C19H22N6S. The van der Waals surface area contributed by atoms with Crippen molar-refractivity contribution in [2.24, 2.45) is 0 Å². The molecule has 6 nitrogen and oxygen atoms in total. The van der Waals surface area contributed by atoms with Crippen LogP contribution in [0.3, 0.4) is 0 Å². The van der Waals surface area contributed by atoms with E-state index in [2.05, 4.69) is 42.3 Å². The Bertz CT molecular complexity index is 859. The first kappa shape index (κ1) is 16.9. The lowest BCUT2D eigenvalue weighted by Gasteiger charge is -2.22. The molecule has 1 fully saturated rings. The van der Waals surface area contributed by atoms with Gasteiger partial charge in [-0.25, -0.2) is 19.9 Å². The van der Waals surface area contributed by atoms with Crippen molar-refractivity contribution in [1.82, 2.24) is 19.9 Å². The predicted molar refractivity (Wildman–Crippen MR) is 106 cm³/mol. The predicted octanol–water partition coefficient (Wildman–Crippen LogP) is 3.33. The molecule has 1 saturated heterocycles. The standard InChI is InChI=1S/C19H22N6S/c1-14-13-15(2)22-19(21-14)25-9-4-8-24(10-11-25)18-20-7-6-16(23-18)17-5-3-12-26-17/h3,5-7,12-13H,4,8-11H2,1-2H3. The molecule has 0 N–H and O–H groups in total. The Kier molecular flexibility index (Phi) is 4.79. The summed E-state index contributed by atoms with van der Waals surface area (Å²) in [5.74, 6) is 1.64. The van der Waals surface area contributed by atoms with E-state index in [9.17, 15) is 0 Å². The number of aryl methyl sites for hydroxylation is 2. The van der Waals surface area contributed by atoms with Gasteiger partial charge >= 0.3 is 0 Å². The average molecular weight is 366 g/mol. The van der Waals surface area contributed by atoms with E-state index in [-0.39, 0.29) is 0 Å². The van der Waals surface area contributed by atoms with E-state index in [1.807, 2.05) is 32.2 Å². The third kappa shape index (κ3) is 3.67. The van der Waals surface area contributed by atoms with Gasteiger partial charge in [-0.05, 0) is 43.8 Å². The van der Waals surface area contributed by atoms with E-state index in [0.29, 0.717) is 0 Å². The van der Waals surface area contributed by atoms with Gasteiger partial charge in [-0.15, -0.1) is 11.3 Å². The van der Waals surface area contributed by atoms with Crippen molar-refractivity contribution in [3.8, 4) is 10.6 Å². The van der Waals surface area contributed by atoms with Crippen LogP contribution in [0.4, 0.5) is 11.9 Å². The molecule has 0 saturated carbocycles. The lowest BCUT2D eigenvalue weighted by atomic mass is 10.3. The zero-order valence-corrected chi connectivity index (χ0v) is 15.9. The number of nitrogens with zero attached hydrogens (tertiary/aromatic N) is 6. The molecule has 134 valence electrons.